The molecular weight excluding hydrogens is 332 g/mol. The van der Waals surface area contributed by atoms with E-state index < -0.39 is 0 Å². The van der Waals surface area contributed by atoms with E-state index in [4.69, 9.17) is 14.0 Å². The van der Waals surface area contributed by atoms with Crippen molar-refractivity contribution in [2.24, 2.45) is 0 Å². The number of aryl methyl sites for hydroxylation is 1. The fraction of sp³-hybridized carbons (Fsp3) is 0.200. The van der Waals surface area contributed by atoms with Crippen molar-refractivity contribution >= 4 is 5.91 Å². The van der Waals surface area contributed by atoms with Crippen molar-refractivity contribution in [2.45, 2.75) is 19.9 Å². The first-order valence-corrected chi connectivity index (χ1v) is 8.35. The molecule has 4 rings (SSSR count). The molecule has 132 valence electrons. The summed E-state index contributed by atoms with van der Waals surface area (Å²) in [7, 11) is 0. The molecule has 6 heteroatoms. The minimum atomic E-state index is -0.229. The minimum Gasteiger partial charge on any atom is -0.454 e. The van der Waals surface area contributed by atoms with Crippen LogP contribution in [0.4, 0.5) is 0 Å². The van der Waals surface area contributed by atoms with Crippen molar-refractivity contribution in [1.82, 2.24) is 10.5 Å². The van der Waals surface area contributed by atoms with E-state index in [0.717, 1.165) is 11.1 Å². The second kappa shape index (κ2) is 6.55. The molecule has 1 atom stereocenters. The van der Waals surface area contributed by atoms with Crippen LogP contribution in [0.1, 0.15) is 34.6 Å². The highest BCUT2D eigenvalue weighted by Crippen LogP contribution is 2.34. The van der Waals surface area contributed by atoms with Crippen LogP contribution in [0, 0.1) is 6.92 Å². The van der Waals surface area contributed by atoms with Crippen LogP contribution in [0.3, 0.4) is 0 Å². The van der Waals surface area contributed by atoms with Crippen LogP contribution in [0.2, 0.25) is 0 Å². The van der Waals surface area contributed by atoms with Gasteiger partial charge in [0.25, 0.3) is 5.91 Å². The van der Waals surface area contributed by atoms with Crippen molar-refractivity contribution in [3.05, 3.63) is 65.4 Å². The zero-order chi connectivity index (χ0) is 18.1. The molecule has 3 aromatic rings. The quantitative estimate of drug-likeness (QED) is 0.773. The third kappa shape index (κ3) is 2.90. The van der Waals surface area contributed by atoms with Gasteiger partial charge in [-0.25, -0.2) is 0 Å². The Hall–Kier alpha value is -3.28. The predicted octanol–water partition coefficient (Wildman–Crippen LogP) is 3.87. The maximum absolute atomic E-state index is 12.9. The van der Waals surface area contributed by atoms with E-state index in [9.17, 15) is 4.79 Å². The summed E-state index contributed by atoms with van der Waals surface area (Å²) in [5.41, 5.74) is 2.76. The highest BCUT2D eigenvalue weighted by Gasteiger charge is 2.24. The van der Waals surface area contributed by atoms with Gasteiger partial charge in [0.2, 0.25) is 6.79 Å². The van der Waals surface area contributed by atoms with Crippen LogP contribution in [0.15, 0.2) is 53.1 Å². The molecule has 1 amide bonds. The zero-order valence-electron chi connectivity index (χ0n) is 14.5. The van der Waals surface area contributed by atoms with E-state index in [1.807, 2.05) is 55.5 Å². The number of carbonyl (C=O) groups excluding carboxylic acids is 1. The minimum absolute atomic E-state index is 0.213. The molecule has 0 aliphatic carbocycles. The number of hydrogen-bond acceptors (Lipinski definition) is 5. The first-order chi connectivity index (χ1) is 12.6. The van der Waals surface area contributed by atoms with Gasteiger partial charge in [-0.3, -0.25) is 4.79 Å². The topological polar surface area (TPSA) is 73.6 Å². The first kappa shape index (κ1) is 16.2. The zero-order valence-corrected chi connectivity index (χ0v) is 14.5. The first-order valence-electron chi connectivity index (χ1n) is 8.35. The highest BCUT2D eigenvalue weighted by atomic mass is 16.7. The van der Waals surface area contributed by atoms with E-state index in [1.54, 1.807) is 6.92 Å². The van der Waals surface area contributed by atoms with E-state index in [-0.39, 0.29) is 18.7 Å². The van der Waals surface area contributed by atoms with Gasteiger partial charge in [-0.05, 0) is 31.5 Å². The summed E-state index contributed by atoms with van der Waals surface area (Å²) >= 11 is 0. The van der Waals surface area contributed by atoms with Gasteiger partial charge >= 0.3 is 0 Å². The van der Waals surface area contributed by atoms with E-state index in [1.165, 1.54) is 0 Å². The van der Waals surface area contributed by atoms with Crippen LogP contribution in [-0.2, 0) is 0 Å². The molecule has 0 spiro atoms. The largest absolute Gasteiger partial charge is 0.454 e. The van der Waals surface area contributed by atoms with Gasteiger partial charge in [-0.2, -0.15) is 0 Å². The molecule has 26 heavy (non-hydrogen) atoms. The van der Waals surface area contributed by atoms with Crippen LogP contribution in [-0.4, -0.2) is 17.9 Å². The Labute approximate surface area is 150 Å². The molecule has 2 heterocycles. The van der Waals surface area contributed by atoms with E-state index in [2.05, 4.69) is 10.5 Å². The Morgan fingerprint density at radius 1 is 1.12 bits per heavy atom. The van der Waals surface area contributed by atoms with Crippen LogP contribution in [0.25, 0.3) is 11.3 Å². The average Bonchev–Trinajstić information content (AvgIpc) is 3.28. The van der Waals surface area contributed by atoms with Crippen molar-refractivity contribution in [2.75, 3.05) is 6.79 Å². The summed E-state index contributed by atoms with van der Waals surface area (Å²) in [5.74, 6) is 1.66. The van der Waals surface area contributed by atoms with Crippen molar-refractivity contribution in [3.63, 3.8) is 0 Å². The molecule has 0 saturated heterocycles. The molecule has 6 nitrogen and oxygen atoms in total. The fourth-order valence-electron chi connectivity index (χ4n) is 2.97. The Kier molecular flexibility index (Phi) is 4.08. The SMILES string of the molecule is Cc1onc(-c2ccccc2)c1C(=O)N[C@@H](C)c1ccc2c(c1)OCO2. The second-order valence-corrected chi connectivity index (χ2v) is 6.14. The number of carbonyl (C=O) groups is 1. The molecule has 0 unspecified atom stereocenters. The molecule has 0 saturated carbocycles. The number of ether oxygens (including phenoxy) is 2. The second-order valence-electron chi connectivity index (χ2n) is 6.14. The standard InChI is InChI=1S/C20H18N2O4/c1-12(15-8-9-16-17(10-15)25-11-24-16)21-20(23)18-13(2)26-22-19(18)14-6-4-3-5-7-14/h3-10,12H,11H2,1-2H3,(H,21,23)/t12-/m0/s1. The number of hydrogen-bond donors (Lipinski definition) is 1. The Balaban J connectivity index is 1.58. The van der Waals surface area contributed by atoms with Gasteiger partial charge in [0.1, 0.15) is 17.0 Å². The maximum atomic E-state index is 12.9. The maximum Gasteiger partial charge on any atom is 0.257 e. The fourth-order valence-corrected chi connectivity index (χ4v) is 2.97. The van der Waals surface area contributed by atoms with Crippen LogP contribution in [0.5, 0.6) is 11.5 Å². The van der Waals surface area contributed by atoms with E-state index >= 15 is 0 Å². The Morgan fingerprint density at radius 3 is 2.69 bits per heavy atom. The van der Waals surface area contributed by atoms with Crippen LogP contribution < -0.4 is 14.8 Å². The molecule has 0 bridgehead atoms. The number of benzene rings is 2. The number of nitrogens with one attached hydrogen (secondary N) is 1. The monoisotopic (exact) mass is 350 g/mol. The molecule has 1 aromatic heterocycles. The molecule has 1 N–H and O–H groups in total. The highest BCUT2D eigenvalue weighted by molar-refractivity contribution is 6.00. The molecular formula is C20H18N2O4. The van der Waals surface area contributed by atoms with Gasteiger partial charge in [-0.15, -0.1) is 0 Å². The van der Waals surface area contributed by atoms with Gasteiger partial charge in [0.15, 0.2) is 11.5 Å². The smallest absolute Gasteiger partial charge is 0.257 e. The Morgan fingerprint density at radius 2 is 1.88 bits per heavy atom. The molecule has 1 aliphatic rings. The molecule has 2 aromatic carbocycles. The number of rotatable bonds is 4. The summed E-state index contributed by atoms with van der Waals surface area (Å²) in [6.45, 7) is 3.87. The number of amides is 1. The predicted molar refractivity (Wildman–Crippen MR) is 95.1 cm³/mol. The van der Waals surface area contributed by atoms with Gasteiger partial charge < -0.3 is 19.3 Å². The van der Waals surface area contributed by atoms with Gasteiger partial charge in [0, 0.05) is 5.56 Å². The van der Waals surface area contributed by atoms with E-state index in [0.29, 0.717) is 28.5 Å². The average molecular weight is 350 g/mol. The lowest BCUT2D eigenvalue weighted by atomic mass is 10.0. The lowest BCUT2D eigenvalue weighted by Gasteiger charge is -2.15. The number of aromatic nitrogens is 1. The third-order valence-corrected chi connectivity index (χ3v) is 4.38. The normalized spacial score (nSPS) is 13.5. The number of fused-ring (bicyclic) bond motifs is 1. The molecule has 0 fully saturated rings. The lowest BCUT2D eigenvalue weighted by molar-refractivity contribution is 0.0939. The van der Waals surface area contributed by atoms with Gasteiger partial charge in [0.05, 0.1) is 6.04 Å². The summed E-state index contributed by atoms with van der Waals surface area (Å²) in [6.07, 6.45) is 0. The summed E-state index contributed by atoms with van der Waals surface area (Å²) in [6, 6.07) is 14.9. The summed E-state index contributed by atoms with van der Waals surface area (Å²) in [4.78, 5) is 12.9. The van der Waals surface area contributed by atoms with Crippen molar-refractivity contribution < 1.29 is 18.8 Å². The number of nitrogens with zero attached hydrogens (tertiary/aromatic N) is 1. The van der Waals surface area contributed by atoms with Crippen molar-refractivity contribution in [3.8, 4) is 22.8 Å². The molecule has 1 aliphatic heterocycles. The molecule has 0 radical (unpaired) electrons. The lowest BCUT2D eigenvalue weighted by Crippen LogP contribution is -2.27. The third-order valence-electron chi connectivity index (χ3n) is 4.38. The Bertz CT molecular complexity index is 950. The van der Waals surface area contributed by atoms with Crippen LogP contribution >= 0.6 is 0 Å². The summed E-state index contributed by atoms with van der Waals surface area (Å²) in [5, 5.41) is 7.07. The van der Waals surface area contributed by atoms with Gasteiger partial charge in [-0.1, -0.05) is 41.6 Å². The van der Waals surface area contributed by atoms with Crippen molar-refractivity contribution in [1.29, 1.82) is 0 Å². The summed E-state index contributed by atoms with van der Waals surface area (Å²) < 4.78 is 16.0.